The van der Waals surface area contributed by atoms with E-state index in [0.717, 1.165) is 56.9 Å². The van der Waals surface area contributed by atoms with Gasteiger partial charge < -0.3 is 9.80 Å². The lowest BCUT2D eigenvalue weighted by molar-refractivity contribution is -0.133. The Morgan fingerprint density at radius 2 is 1.80 bits per heavy atom. The number of fused-ring (bicyclic) bond motifs is 1. The van der Waals surface area contributed by atoms with Gasteiger partial charge in [0.15, 0.2) is 0 Å². The lowest BCUT2D eigenvalue weighted by Crippen LogP contribution is -2.53. The number of anilines is 1. The summed E-state index contributed by atoms with van der Waals surface area (Å²) in [6, 6.07) is 0. The minimum absolute atomic E-state index is 0.299. The van der Waals surface area contributed by atoms with Crippen molar-refractivity contribution < 1.29 is 4.79 Å². The van der Waals surface area contributed by atoms with Gasteiger partial charge in [0.1, 0.15) is 5.82 Å². The van der Waals surface area contributed by atoms with E-state index < -0.39 is 0 Å². The molecule has 1 aromatic heterocycles. The zero-order chi connectivity index (χ0) is 17.1. The molecule has 3 heterocycles. The SMILES string of the molecule is O=C(CN1CC[C@H]2CCCC[C@H]2C1)N1CCN(c2cnccn2)CC1. The number of hydrogen-bond acceptors (Lipinski definition) is 5. The predicted octanol–water partition coefficient (Wildman–Crippen LogP) is 1.64. The normalized spacial score (nSPS) is 27.8. The summed E-state index contributed by atoms with van der Waals surface area (Å²) in [7, 11) is 0. The number of piperazine rings is 1. The highest BCUT2D eigenvalue weighted by Crippen LogP contribution is 2.35. The molecule has 1 aromatic rings. The van der Waals surface area contributed by atoms with Crippen molar-refractivity contribution in [3.8, 4) is 0 Å². The average molecular weight is 343 g/mol. The second kappa shape index (κ2) is 7.68. The quantitative estimate of drug-likeness (QED) is 0.835. The van der Waals surface area contributed by atoms with Crippen LogP contribution in [0.4, 0.5) is 5.82 Å². The van der Waals surface area contributed by atoms with E-state index in [-0.39, 0.29) is 0 Å². The Bertz CT molecular complexity index is 572. The summed E-state index contributed by atoms with van der Waals surface area (Å²) < 4.78 is 0. The molecule has 0 bridgehead atoms. The Morgan fingerprint density at radius 1 is 1.00 bits per heavy atom. The Hall–Kier alpha value is -1.69. The number of nitrogens with zero attached hydrogens (tertiary/aromatic N) is 5. The van der Waals surface area contributed by atoms with Crippen LogP contribution in [0.2, 0.25) is 0 Å². The number of aromatic nitrogens is 2. The Labute approximate surface area is 150 Å². The van der Waals surface area contributed by atoms with E-state index >= 15 is 0 Å². The van der Waals surface area contributed by atoms with Crippen LogP contribution in [0.25, 0.3) is 0 Å². The van der Waals surface area contributed by atoms with Crippen LogP contribution >= 0.6 is 0 Å². The van der Waals surface area contributed by atoms with Gasteiger partial charge in [0.2, 0.25) is 5.91 Å². The molecule has 6 nitrogen and oxygen atoms in total. The topological polar surface area (TPSA) is 52.6 Å². The molecule has 0 radical (unpaired) electrons. The molecule has 1 saturated carbocycles. The molecule has 2 aliphatic heterocycles. The van der Waals surface area contributed by atoms with Gasteiger partial charge in [-0.15, -0.1) is 0 Å². The lowest BCUT2D eigenvalue weighted by Gasteiger charge is -2.42. The molecule has 136 valence electrons. The highest BCUT2D eigenvalue weighted by Gasteiger charge is 2.32. The summed E-state index contributed by atoms with van der Waals surface area (Å²) in [5.74, 6) is 2.97. The van der Waals surface area contributed by atoms with Gasteiger partial charge in [-0.2, -0.15) is 0 Å². The van der Waals surface area contributed by atoms with Crippen molar-refractivity contribution in [2.75, 3.05) is 50.7 Å². The first kappa shape index (κ1) is 16.8. The minimum atomic E-state index is 0.299. The molecule has 4 rings (SSSR count). The van der Waals surface area contributed by atoms with Crippen molar-refractivity contribution in [2.45, 2.75) is 32.1 Å². The van der Waals surface area contributed by atoms with E-state index in [1.165, 1.54) is 32.1 Å². The molecule has 3 aliphatic rings. The van der Waals surface area contributed by atoms with E-state index in [1.54, 1.807) is 18.6 Å². The maximum absolute atomic E-state index is 12.7. The standard InChI is InChI=1S/C19H29N5O/c25-19(15-22-8-5-16-3-1-2-4-17(16)14-22)24-11-9-23(10-12-24)18-13-20-6-7-21-18/h6-7,13,16-17H,1-5,8-12,14-15H2/t16-,17+/m1/s1. The Balaban J connectivity index is 1.25. The summed E-state index contributed by atoms with van der Waals surface area (Å²) in [6.45, 7) is 6.10. The number of carbonyl (C=O) groups is 1. The minimum Gasteiger partial charge on any atom is -0.352 e. The van der Waals surface area contributed by atoms with Gasteiger partial charge in [0.05, 0.1) is 12.7 Å². The summed E-state index contributed by atoms with van der Waals surface area (Å²) >= 11 is 0. The number of rotatable bonds is 3. The molecule has 0 aromatic carbocycles. The van der Waals surface area contributed by atoms with Gasteiger partial charge in [-0.05, 0) is 31.2 Å². The first-order valence-corrected chi connectivity index (χ1v) is 9.81. The first-order valence-electron chi connectivity index (χ1n) is 9.81. The molecule has 3 fully saturated rings. The molecule has 1 aliphatic carbocycles. The van der Waals surface area contributed by atoms with E-state index in [9.17, 15) is 4.79 Å². The number of likely N-dealkylation sites (tertiary alicyclic amines) is 1. The smallest absolute Gasteiger partial charge is 0.236 e. The number of hydrogen-bond donors (Lipinski definition) is 0. The van der Waals surface area contributed by atoms with Gasteiger partial charge in [-0.3, -0.25) is 14.7 Å². The summed E-state index contributed by atoms with van der Waals surface area (Å²) in [5.41, 5.74) is 0. The largest absolute Gasteiger partial charge is 0.352 e. The molecule has 0 N–H and O–H groups in total. The van der Waals surface area contributed by atoms with Crippen LogP contribution in [-0.2, 0) is 4.79 Å². The van der Waals surface area contributed by atoms with Crippen LogP contribution in [0.1, 0.15) is 32.1 Å². The molecule has 6 heteroatoms. The molecule has 1 amide bonds. The fourth-order valence-electron chi connectivity index (χ4n) is 4.75. The maximum atomic E-state index is 12.7. The zero-order valence-corrected chi connectivity index (χ0v) is 15.0. The third kappa shape index (κ3) is 3.94. The van der Waals surface area contributed by atoms with E-state index in [1.807, 2.05) is 4.90 Å². The van der Waals surface area contributed by atoms with Crippen molar-refractivity contribution in [3.05, 3.63) is 18.6 Å². The second-order valence-electron chi connectivity index (χ2n) is 7.76. The van der Waals surface area contributed by atoms with E-state index in [2.05, 4.69) is 19.8 Å². The predicted molar refractivity (Wildman–Crippen MR) is 97.3 cm³/mol. The summed E-state index contributed by atoms with van der Waals surface area (Å²) in [5, 5.41) is 0. The number of piperidine rings is 1. The van der Waals surface area contributed by atoms with Gasteiger partial charge >= 0.3 is 0 Å². The average Bonchev–Trinajstić information content (AvgIpc) is 2.69. The van der Waals surface area contributed by atoms with Crippen molar-refractivity contribution in [2.24, 2.45) is 11.8 Å². The molecular weight excluding hydrogens is 314 g/mol. The van der Waals surface area contributed by atoms with Crippen LogP contribution in [-0.4, -0.2) is 71.5 Å². The number of carbonyl (C=O) groups excluding carboxylic acids is 1. The Kier molecular flexibility index (Phi) is 5.15. The van der Waals surface area contributed by atoms with Gasteiger partial charge in [-0.1, -0.05) is 19.3 Å². The second-order valence-corrected chi connectivity index (χ2v) is 7.76. The van der Waals surface area contributed by atoms with Crippen molar-refractivity contribution in [3.63, 3.8) is 0 Å². The molecule has 2 atom stereocenters. The summed E-state index contributed by atoms with van der Waals surface area (Å²) in [6.07, 6.45) is 12.1. The van der Waals surface area contributed by atoms with Crippen LogP contribution in [0, 0.1) is 11.8 Å². The van der Waals surface area contributed by atoms with Crippen LogP contribution < -0.4 is 4.90 Å². The molecule has 25 heavy (non-hydrogen) atoms. The highest BCUT2D eigenvalue weighted by atomic mass is 16.2. The summed E-state index contributed by atoms with van der Waals surface area (Å²) in [4.78, 5) is 27.8. The van der Waals surface area contributed by atoms with E-state index in [4.69, 9.17) is 0 Å². The molecule has 0 spiro atoms. The number of amides is 1. The van der Waals surface area contributed by atoms with Crippen molar-refractivity contribution >= 4 is 11.7 Å². The van der Waals surface area contributed by atoms with E-state index in [0.29, 0.717) is 12.5 Å². The highest BCUT2D eigenvalue weighted by molar-refractivity contribution is 5.78. The van der Waals surface area contributed by atoms with Crippen molar-refractivity contribution in [1.29, 1.82) is 0 Å². The monoisotopic (exact) mass is 343 g/mol. The molecular formula is C19H29N5O. The van der Waals surface area contributed by atoms with Crippen LogP contribution in [0.5, 0.6) is 0 Å². The molecule has 2 saturated heterocycles. The maximum Gasteiger partial charge on any atom is 0.236 e. The third-order valence-electron chi connectivity index (χ3n) is 6.24. The zero-order valence-electron chi connectivity index (χ0n) is 15.0. The third-order valence-corrected chi connectivity index (χ3v) is 6.24. The van der Waals surface area contributed by atoms with Crippen LogP contribution in [0.15, 0.2) is 18.6 Å². The van der Waals surface area contributed by atoms with Crippen LogP contribution in [0.3, 0.4) is 0 Å². The van der Waals surface area contributed by atoms with Gasteiger partial charge in [0, 0.05) is 45.1 Å². The lowest BCUT2D eigenvalue weighted by atomic mass is 9.75. The first-order chi connectivity index (χ1) is 12.3. The molecule has 0 unspecified atom stereocenters. The Morgan fingerprint density at radius 3 is 2.56 bits per heavy atom. The van der Waals surface area contributed by atoms with Gasteiger partial charge in [0.25, 0.3) is 0 Å². The van der Waals surface area contributed by atoms with Gasteiger partial charge in [-0.25, -0.2) is 4.98 Å². The fraction of sp³-hybridized carbons (Fsp3) is 0.737. The van der Waals surface area contributed by atoms with Crippen molar-refractivity contribution in [1.82, 2.24) is 19.8 Å². The fourth-order valence-corrected chi connectivity index (χ4v) is 4.75.